The molecule has 0 aliphatic carbocycles. The van der Waals surface area contributed by atoms with Crippen molar-refractivity contribution in [3.63, 3.8) is 0 Å². The lowest BCUT2D eigenvalue weighted by molar-refractivity contribution is -0.119. The molecule has 0 saturated heterocycles. The highest BCUT2D eigenvalue weighted by Crippen LogP contribution is 2.28. The lowest BCUT2D eigenvalue weighted by Gasteiger charge is -2.25. The van der Waals surface area contributed by atoms with Crippen molar-refractivity contribution in [1.29, 1.82) is 0 Å². The molecule has 16 heavy (non-hydrogen) atoms. The quantitative estimate of drug-likeness (QED) is 0.842. The van der Waals surface area contributed by atoms with Gasteiger partial charge in [-0.3, -0.25) is 4.79 Å². The highest BCUT2D eigenvalue weighted by molar-refractivity contribution is 14.1. The number of hydrogen-bond donors (Lipinski definition) is 1. The molecule has 0 fully saturated rings. The molecule has 1 aromatic carbocycles. The van der Waals surface area contributed by atoms with Gasteiger partial charge in [-0.25, -0.2) is 0 Å². The minimum atomic E-state index is 0.0217. The molecule has 1 N–H and O–H groups in total. The van der Waals surface area contributed by atoms with E-state index in [0.29, 0.717) is 19.1 Å². The van der Waals surface area contributed by atoms with E-state index >= 15 is 0 Å². The van der Waals surface area contributed by atoms with E-state index in [9.17, 15) is 4.79 Å². The topological polar surface area (TPSA) is 38.3 Å². The fourth-order valence-corrected chi connectivity index (χ4v) is 2.40. The first-order valence-corrected chi connectivity index (χ1v) is 6.38. The van der Waals surface area contributed by atoms with Crippen LogP contribution >= 0.6 is 22.6 Å². The lowest BCUT2D eigenvalue weighted by Crippen LogP contribution is -2.33. The smallest absolute Gasteiger partial charge is 0.216 e. The monoisotopic (exact) mass is 331 g/mol. The number of hydrogen-bond acceptors (Lipinski definition) is 2. The minimum Gasteiger partial charge on any atom is -0.493 e. The number of carbonyl (C=O) groups is 1. The SMILES string of the molecule is CC(=O)NCC1COc2ccc(I)cc2C1. The van der Waals surface area contributed by atoms with E-state index in [1.807, 2.05) is 12.1 Å². The van der Waals surface area contributed by atoms with Crippen molar-refractivity contribution in [2.75, 3.05) is 13.2 Å². The Hall–Kier alpha value is -0.780. The zero-order valence-corrected chi connectivity index (χ0v) is 11.3. The van der Waals surface area contributed by atoms with Crippen molar-refractivity contribution in [2.45, 2.75) is 13.3 Å². The summed E-state index contributed by atoms with van der Waals surface area (Å²) in [6.07, 6.45) is 0.979. The molecule has 0 aromatic heterocycles. The van der Waals surface area contributed by atoms with Crippen LogP contribution in [0.25, 0.3) is 0 Å². The third-order valence-corrected chi connectivity index (χ3v) is 3.32. The maximum atomic E-state index is 10.8. The number of amides is 1. The van der Waals surface area contributed by atoms with Crippen molar-refractivity contribution in [2.24, 2.45) is 5.92 Å². The second-order valence-corrected chi connectivity index (χ2v) is 5.32. The first-order chi connectivity index (χ1) is 7.65. The van der Waals surface area contributed by atoms with Gasteiger partial charge in [0.05, 0.1) is 6.61 Å². The lowest BCUT2D eigenvalue weighted by atomic mass is 9.97. The number of halogens is 1. The van der Waals surface area contributed by atoms with Crippen molar-refractivity contribution >= 4 is 28.5 Å². The Kier molecular flexibility index (Phi) is 3.68. The number of fused-ring (bicyclic) bond motifs is 1. The maximum Gasteiger partial charge on any atom is 0.216 e. The van der Waals surface area contributed by atoms with Crippen LogP contribution in [0.2, 0.25) is 0 Å². The Morgan fingerprint density at radius 3 is 3.19 bits per heavy atom. The largest absolute Gasteiger partial charge is 0.493 e. The Labute approximate surface area is 109 Å². The van der Waals surface area contributed by atoms with Crippen LogP contribution in [0.5, 0.6) is 5.75 Å². The van der Waals surface area contributed by atoms with E-state index in [1.165, 1.54) is 9.13 Å². The standard InChI is InChI=1S/C12H14INO2/c1-8(15)14-6-9-4-10-5-11(13)2-3-12(10)16-7-9/h2-3,5,9H,4,6-7H2,1H3,(H,14,15). The first kappa shape index (κ1) is 11.7. The van der Waals surface area contributed by atoms with E-state index in [4.69, 9.17) is 4.74 Å². The molecular weight excluding hydrogens is 317 g/mol. The fraction of sp³-hybridized carbons (Fsp3) is 0.417. The Bertz CT molecular complexity index is 406. The molecular formula is C12H14INO2. The zero-order chi connectivity index (χ0) is 11.5. The summed E-state index contributed by atoms with van der Waals surface area (Å²) in [4.78, 5) is 10.8. The molecule has 1 atom stereocenters. The van der Waals surface area contributed by atoms with Gasteiger partial charge < -0.3 is 10.1 Å². The molecule has 1 aliphatic heterocycles. The number of carbonyl (C=O) groups excluding carboxylic acids is 1. The average molecular weight is 331 g/mol. The van der Waals surface area contributed by atoms with Gasteiger partial charge in [0.2, 0.25) is 5.91 Å². The molecule has 1 unspecified atom stereocenters. The third-order valence-electron chi connectivity index (χ3n) is 2.65. The molecule has 3 nitrogen and oxygen atoms in total. The van der Waals surface area contributed by atoms with Gasteiger partial charge in [0.25, 0.3) is 0 Å². The van der Waals surface area contributed by atoms with Gasteiger partial charge in [-0.15, -0.1) is 0 Å². The van der Waals surface area contributed by atoms with Gasteiger partial charge >= 0.3 is 0 Å². The predicted octanol–water partition coefficient (Wildman–Crippen LogP) is 1.98. The summed E-state index contributed by atoms with van der Waals surface area (Å²) in [5, 5.41) is 2.84. The van der Waals surface area contributed by atoms with Gasteiger partial charge in [0, 0.05) is 23.0 Å². The highest BCUT2D eigenvalue weighted by atomic mass is 127. The van der Waals surface area contributed by atoms with E-state index in [0.717, 1.165) is 12.2 Å². The summed E-state index contributed by atoms with van der Waals surface area (Å²) >= 11 is 2.30. The van der Waals surface area contributed by atoms with E-state index < -0.39 is 0 Å². The number of benzene rings is 1. The Morgan fingerprint density at radius 2 is 2.44 bits per heavy atom. The second-order valence-electron chi connectivity index (χ2n) is 4.07. The summed E-state index contributed by atoms with van der Waals surface area (Å²) in [7, 11) is 0. The summed E-state index contributed by atoms with van der Waals surface area (Å²) in [5.41, 5.74) is 1.24. The average Bonchev–Trinajstić information content (AvgIpc) is 2.25. The summed E-state index contributed by atoms with van der Waals surface area (Å²) in [6.45, 7) is 2.93. The Balaban J connectivity index is 2.02. The van der Waals surface area contributed by atoms with Crippen molar-refractivity contribution in [3.8, 4) is 5.75 Å². The van der Waals surface area contributed by atoms with Gasteiger partial charge in [-0.1, -0.05) is 0 Å². The summed E-state index contributed by atoms with van der Waals surface area (Å²) < 4.78 is 6.89. The van der Waals surface area contributed by atoms with Crippen LogP contribution in [0.1, 0.15) is 12.5 Å². The molecule has 2 rings (SSSR count). The van der Waals surface area contributed by atoms with Gasteiger partial charge in [-0.2, -0.15) is 0 Å². The molecule has 1 aliphatic rings. The fourth-order valence-electron chi connectivity index (χ4n) is 1.85. The van der Waals surface area contributed by atoms with Crippen LogP contribution in [0.3, 0.4) is 0 Å². The third kappa shape index (κ3) is 2.87. The summed E-state index contributed by atoms with van der Waals surface area (Å²) in [5.74, 6) is 1.39. The molecule has 0 saturated carbocycles. The molecule has 0 radical (unpaired) electrons. The number of nitrogens with one attached hydrogen (secondary N) is 1. The van der Waals surface area contributed by atoms with Gasteiger partial charge in [0.1, 0.15) is 5.75 Å². The van der Waals surface area contributed by atoms with Crippen LogP contribution in [-0.4, -0.2) is 19.1 Å². The molecule has 0 spiro atoms. The maximum absolute atomic E-state index is 10.8. The van der Waals surface area contributed by atoms with Crippen LogP contribution in [0, 0.1) is 9.49 Å². The van der Waals surface area contributed by atoms with Crippen LogP contribution < -0.4 is 10.1 Å². The summed E-state index contributed by atoms with van der Waals surface area (Å²) in [6, 6.07) is 6.22. The van der Waals surface area contributed by atoms with Gasteiger partial charge in [0.15, 0.2) is 0 Å². The van der Waals surface area contributed by atoms with E-state index in [1.54, 1.807) is 6.92 Å². The highest BCUT2D eigenvalue weighted by Gasteiger charge is 2.19. The molecule has 0 bridgehead atoms. The molecule has 1 aromatic rings. The molecule has 1 amide bonds. The number of ether oxygens (including phenoxy) is 1. The van der Waals surface area contributed by atoms with E-state index in [2.05, 4.69) is 34.0 Å². The van der Waals surface area contributed by atoms with Crippen LogP contribution in [0.15, 0.2) is 18.2 Å². The van der Waals surface area contributed by atoms with Crippen LogP contribution in [0.4, 0.5) is 0 Å². The van der Waals surface area contributed by atoms with Gasteiger partial charge in [-0.05, 0) is 52.8 Å². The molecule has 1 heterocycles. The molecule has 86 valence electrons. The van der Waals surface area contributed by atoms with E-state index in [-0.39, 0.29) is 5.91 Å². The zero-order valence-electron chi connectivity index (χ0n) is 9.13. The predicted molar refractivity (Wildman–Crippen MR) is 70.5 cm³/mol. The molecule has 4 heteroatoms. The van der Waals surface area contributed by atoms with Crippen LogP contribution in [-0.2, 0) is 11.2 Å². The Morgan fingerprint density at radius 1 is 1.62 bits per heavy atom. The first-order valence-electron chi connectivity index (χ1n) is 5.31. The number of rotatable bonds is 2. The second kappa shape index (κ2) is 5.03. The van der Waals surface area contributed by atoms with Crippen molar-refractivity contribution in [1.82, 2.24) is 5.32 Å². The van der Waals surface area contributed by atoms with Crippen molar-refractivity contribution in [3.05, 3.63) is 27.3 Å². The normalized spacial score (nSPS) is 18.5. The minimum absolute atomic E-state index is 0.0217. The van der Waals surface area contributed by atoms with Crippen molar-refractivity contribution < 1.29 is 9.53 Å².